The monoisotopic (exact) mass is 425 g/mol. The highest BCUT2D eigenvalue weighted by Crippen LogP contribution is 2.30. The van der Waals surface area contributed by atoms with Gasteiger partial charge in [0, 0.05) is 12.1 Å². The number of ether oxygens (including phenoxy) is 2. The first-order valence-corrected chi connectivity index (χ1v) is 10.3. The molecule has 0 aliphatic heterocycles. The molecule has 1 N–H and O–H groups in total. The van der Waals surface area contributed by atoms with Crippen LogP contribution in [0.1, 0.15) is 26.3 Å². The van der Waals surface area contributed by atoms with E-state index in [4.69, 9.17) is 9.47 Å². The summed E-state index contributed by atoms with van der Waals surface area (Å²) in [7, 11) is -3.64. The van der Waals surface area contributed by atoms with E-state index in [1.54, 1.807) is 13.8 Å². The summed E-state index contributed by atoms with van der Waals surface area (Å²) in [6.07, 6.45) is 1.30. The lowest BCUT2D eigenvalue weighted by Crippen LogP contribution is -2.22. The summed E-state index contributed by atoms with van der Waals surface area (Å²) >= 11 is 0. The van der Waals surface area contributed by atoms with E-state index in [0.29, 0.717) is 0 Å². The minimum absolute atomic E-state index is 0.00238. The number of nitrogens with one attached hydrogen (secondary N) is 1. The van der Waals surface area contributed by atoms with Crippen molar-refractivity contribution in [1.29, 1.82) is 0 Å². The van der Waals surface area contributed by atoms with E-state index in [-0.39, 0.29) is 34.9 Å². The highest BCUT2D eigenvalue weighted by molar-refractivity contribution is 7.89. The maximum atomic E-state index is 14.3. The van der Waals surface area contributed by atoms with Crippen LogP contribution in [0.25, 0.3) is 6.08 Å². The second kappa shape index (κ2) is 9.62. The first-order valence-electron chi connectivity index (χ1n) is 8.80. The summed E-state index contributed by atoms with van der Waals surface area (Å²) in [5.41, 5.74) is 0.321. The minimum Gasteiger partial charge on any atom is -0.463 e. The average Bonchev–Trinajstić information content (AvgIpc) is 2.65. The van der Waals surface area contributed by atoms with Crippen LogP contribution < -0.4 is 9.46 Å². The largest absolute Gasteiger partial charge is 0.463 e. The molecule has 9 heteroatoms. The van der Waals surface area contributed by atoms with Gasteiger partial charge in [-0.1, -0.05) is 6.92 Å². The maximum absolute atomic E-state index is 14.3. The molecule has 29 heavy (non-hydrogen) atoms. The fraction of sp³-hybridized carbons (Fsp3) is 0.250. The molecule has 0 amide bonds. The van der Waals surface area contributed by atoms with Gasteiger partial charge in [-0.05, 0) is 61.9 Å². The number of benzene rings is 2. The number of halogens is 2. The van der Waals surface area contributed by atoms with Crippen molar-refractivity contribution in [2.45, 2.75) is 25.7 Å². The molecule has 0 heterocycles. The van der Waals surface area contributed by atoms with Crippen molar-refractivity contribution < 1.29 is 31.5 Å². The quantitative estimate of drug-likeness (QED) is 0.510. The Kier molecular flexibility index (Phi) is 7.46. The standard InChI is InChI=1S/C20H21F2NO5S/c1-4-23-29(25,26)16-8-6-15(7-9-16)28-19-17(21)11-14(12-18(19)22)10-13(3)20(24)27-5-2/h6-12,23H,4-5H2,1-3H3/b13-10+. The molecule has 0 radical (unpaired) electrons. The molecule has 0 saturated carbocycles. The molecule has 0 unspecified atom stereocenters. The molecule has 0 saturated heterocycles. The van der Waals surface area contributed by atoms with E-state index in [9.17, 15) is 22.0 Å². The number of sulfonamides is 1. The van der Waals surface area contributed by atoms with Crippen LogP contribution in [0.3, 0.4) is 0 Å². The fourth-order valence-electron chi connectivity index (χ4n) is 2.39. The zero-order valence-electron chi connectivity index (χ0n) is 16.2. The normalized spacial score (nSPS) is 12.0. The van der Waals surface area contributed by atoms with Gasteiger partial charge in [0.25, 0.3) is 0 Å². The molecule has 6 nitrogen and oxygen atoms in total. The van der Waals surface area contributed by atoms with Gasteiger partial charge in [0.05, 0.1) is 11.5 Å². The molecule has 0 aromatic heterocycles. The minimum atomic E-state index is -3.64. The molecular formula is C20H21F2NO5S. The summed E-state index contributed by atoms with van der Waals surface area (Å²) in [5.74, 6) is -3.11. The summed E-state index contributed by atoms with van der Waals surface area (Å²) in [4.78, 5) is 11.6. The molecule has 0 spiro atoms. The highest BCUT2D eigenvalue weighted by Gasteiger charge is 2.16. The molecule has 0 bridgehead atoms. The van der Waals surface area contributed by atoms with E-state index in [1.165, 1.54) is 37.3 Å². The zero-order chi connectivity index (χ0) is 21.6. The summed E-state index contributed by atoms with van der Waals surface area (Å²) in [5, 5.41) is 0. The third-order valence-corrected chi connectivity index (χ3v) is 5.25. The summed E-state index contributed by atoms with van der Waals surface area (Å²) < 4.78 is 64.9. The Hall–Kier alpha value is -2.78. The van der Waals surface area contributed by atoms with E-state index >= 15 is 0 Å². The second-order valence-electron chi connectivity index (χ2n) is 5.94. The van der Waals surface area contributed by atoms with Crippen LogP contribution in [-0.4, -0.2) is 27.5 Å². The van der Waals surface area contributed by atoms with Crippen LogP contribution in [0.4, 0.5) is 8.78 Å². The summed E-state index contributed by atoms with van der Waals surface area (Å²) in [6, 6.07) is 7.16. The van der Waals surface area contributed by atoms with Crippen LogP contribution >= 0.6 is 0 Å². The molecule has 2 rings (SSSR count). The maximum Gasteiger partial charge on any atom is 0.333 e. The number of hydrogen-bond donors (Lipinski definition) is 1. The van der Waals surface area contributed by atoms with Gasteiger partial charge < -0.3 is 9.47 Å². The first-order chi connectivity index (χ1) is 13.7. The van der Waals surface area contributed by atoms with Crippen LogP contribution in [0, 0.1) is 11.6 Å². The number of carbonyl (C=O) groups excluding carboxylic acids is 1. The van der Waals surface area contributed by atoms with Crippen LogP contribution in [0.15, 0.2) is 46.9 Å². The Morgan fingerprint density at radius 1 is 1.10 bits per heavy atom. The Balaban J connectivity index is 2.24. The van der Waals surface area contributed by atoms with Gasteiger partial charge in [-0.25, -0.2) is 26.7 Å². The summed E-state index contributed by atoms with van der Waals surface area (Å²) in [6.45, 7) is 5.19. The van der Waals surface area contributed by atoms with E-state index in [0.717, 1.165) is 12.1 Å². The van der Waals surface area contributed by atoms with Crippen molar-refractivity contribution in [3.63, 3.8) is 0 Å². The molecule has 2 aromatic carbocycles. The highest BCUT2D eigenvalue weighted by atomic mass is 32.2. The number of hydrogen-bond acceptors (Lipinski definition) is 5. The van der Waals surface area contributed by atoms with Crippen LogP contribution in [-0.2, 0) is 19.6 Å². The van der Waals surface area contributed by atoms with Gasteiger partial charge in [0.2, 0.25) is 10.0 Å². The van der Waals surface area contributed by atoms with Crippen molar-refractivity contribution in [2.24, 2.45) is 0 Å². The lowest BCUT2D eigenvalue weighted by atomic mass is 10.1. The van der Waals surface area contributed by atoms with Crippen molar-refractivity contribution in [1.82, 2.24) is 4.72 Å². The van der Waals surface area contributed by atoms with Gasteiger partial charge in [-0.15, -0.1) is 0 Å². The topological polar surface area (TPSA) is 81.7 Å². The molecule has 0 aliphatic carbocycles. The molecular weight excluding hydrogens is 404 g/mol. The van der Waals surface area contributed by atoms with Crippen LogP contribution in [0.5, 0.6) is 11.5 Å². The number of rotatable bonds is 8. The molecule has 0 atom stereocenters. The van der Waals surface area contributed by atoms with Gasteiger partial charge in [-0.3, -0.25) is 0 Å². The van der Waals surface area contributed by atoms with E-state index in [2.05, 4.69) is 4.72 Å². The molecule has 0 aliphatic rings. The lowest BCUT2D eigenvalue weighted by molar-refractivity contribution is -0.138. The first kappa shape index (κ1) is 22.5. The van der Waals surface area contributed by atoms with E-state index in [1.807, 2.05) is 0 Å². The van der Waals surface area contributed by atoms with Crippen molar-refractivity contribution >= 4 is 22.1 Å². The molecule has 0 fully saturated rings. The fourth-order valence-corrected chi connectivity index (χ4v) is 3.43. The van der Waals surface area contributed by atoms with E-state index < -0.39 is 33.4 Å². The van der Waals surface area contributed by atoms with Crippen molar-refractivity contribution in [2.75, 3.05) is 13.2 Å². The second-order valence-corrected chi connectivity index (χ2v) is 7.70. The van der Waals surface area contributed by atoms with Gasteiger partial charge in [0.1, 0.15) is 5.75 Å². The van der Waals surface area contributed by atoms with Crippen molar-refractivity contribution in [3.8, 4) is 11.5 Å². The number of esters is 1. The third kappa shape index (κ3) is 5.85. The predicted octanol–water partition coefficient (Wildman–Crippen LogP) is 4.02. The zero-order valence-corrected chi connectivity index (χ0v) is 17.0. The molecule has 2 aromatic rings. The Bertz CT molecular complexity index is 995. The molecule has 156 valence electrons. The van der Waals surface area contributed by atoms with Gasteiger partial charge in [-0.2, -0.15) is 0 Å². The van der Waals surface area contributed by atoms with Gasteiger partial charge >= 0.3 is 5.97 Å². The predicted molar refractivity (Wildman–Crippen MR) is 104 cm³/mol. The smallest absolute Gasteiger partial charge is 0.333 e. The number of carbonyl (C=O) groups is 1. The lowest BCUT2D eigenvalue weighted by Gasteiger charge is -2.10. The Morgan fingerprint density at radius 3 is 2.21 bits per heavy atom. The third-order valence-electron chi connectivity index (χ3n) is 3.69. The van der Waals surface area contributed by atoms with Gasteiger partial charge in [0.15, 0.2) is 17.4 Å². The Labute approximate surface area is 168 Å². The van der Waals surface area contributed by atoms with Crippen molar-refractivity contribution in [3.05, 3.63) is 59.2 Å². The Morgan fingerprint density at radius 2 is 1.69 bits per heavy atom. The average molecular weight is 425 g/mol. The van der Waals surface area contributed by atoms with Crippen LogP contribution in [0.2, 0.25) is 0 Å². The SMILES string of the molecule is CCNS(=O)(=O)c1ccc(Oc2c(F)cc(/C=C(\C)C(=O)OCC)cc2F)cc1.